The van der Waals surface area contributed by atoms with Crippen molar-refractivity contribution in [3.63, 3.8) is 0 Å². The van der Waals surface area contributed by atoms with E-state index in [0.717, 1.165) is 0 Å². The van der Waals surface area contributed by atoms with Gasteiger partial charge in [-0.15, -0.1) is 0 Å². The van der Waals surface area contributed by atoms with Crippen LogP contribution >= 0.6 is 11.6 Å². The summed E-state index contributed by atoms with van der Waals surface area (Å²) < 4.78 is 0. The van der Waals surface area contributed by atoms with E-state index in [9.17, 15) is 4.79 Å². The molecule has 0 unspecified atom stereocenters. The van der Waals surface area contributed by atoms with Crippen LogP contribution < -0.4 is 5.73 Å². The highest BCUT2D eigenvalue weighted by Gasteiger charge is 2.12. The van der Waals surface area contributed by atoms with Crippen LogP contribution in [-0.2, 0) is 6.54 Å². The Labute approximate surface area is 85.5 Å². The maximum Gasteiger partial charge on any atom is 0.336 e. The van der Waals surface area contributed by atoms with Gasteiger partial charge < -0.3 is 10.8 Å². The van der Waals surface area contributed by atoms with Gasteiger partial charge in [0.2, 0.25) is 0 Å². The Balaban J connectivity index is 3.42. The quantitative estimate of drug-likeness (QED) is 0.772. The zero-order valence-electron chi connectivity index (χ0n) is 7.12. The van der Waals surface area contributed by atoms with Crippen molar-refractivity contribution in [2.45, 2.75) is 6.54 Å². The van der Waals surface area contributed by atoms with E-state index in [4.69, 9.17) is 27.7 Å². The second-order valence-electron chi connectivity index (χ2n) is 2.61. The first-order chi connectivity index (χ1) is 6.60. The maximum absolute atomic E-state index is 10.8. The van der Waals surface area contributed by atoms with Gasteiger partial charge in [0.1, 0.15) is 6.07 Å². The standard InChI is InChI=1S/C9H7ClN2O2/c10-8-2-5(3-11)7(9(13)14)1-6(8)4-12/h1-2H,3,11H2,(H,13,14). The SMILES string of the molecule is N#Cc1cc(C(=O)O)c(CN)cc1Cl. The molecule has 0 spiro atoms. The molecule has 5 heteroatoms. The smallest absolute Gasteiger partial charge is 0.336 e. The highest BCUT2D eigenvalue weighted by molar-refractivity contribution is 6.32. The number of carboxylic acids is 1. The van der Waals surface area contributed by atoms with E-state index in [1.807, 2.05) is 0 Å². The summed E-state index contributed by atoms with van der Waals surface area (Å²) in [6, 6.07) is 4.44. The zero-order chi connectivity index (χ0) is 10.7. The fourth-order valence-electron chi connectivity index (χ4n) is 1.07. The van der Waals surface area contributed by atoms with E-state index in [0.29, 0.717) is 5.56 Å². The summed E-state index contributed by atoms with van der Waals surface area (Å²) in [4.78, 5) is 10.8. The Hall–Kier alpha value is -1.57. The summed E-state index contributed by atoms with van der Waals surface area (Å²) in [7, 11) is 0. The van der Waals surface area contributed by atoms with Gasteiger partial charge in [-0.3, -0.25) is 0 Å². The minimum absolute atomic E-state index is 0.0217. The molecule has 0 saturated heterocycles. The van der Waals surface area contributed by atoms with Crippen molar-refractivity contribution in [1.29, 1.82) is 5.26 Å². The Morgan fingerprint density at radius 1 is 1.64 bits per heavy atom. The topological polar surface area (TPSA) is 87.1 Å². The van der Waals surface area contributed by atoms with Crippen LogP contribution in [0.3, 0.4) is 0 Å². The molecular formula is C9H7ClN2O2. The normalized spacial score (nSPS) is 9.50. The van der Waals surface area contributed by atoms with Crippen LogP contribution in [0.25, 0.3) is 0 Å². The Bertz CT molecular complexity index is 424. The number of nitriles is 1. The molecule has 0 atom stereocenters. The lowest BCUT2D eigenvalue weighted by molar-refractivity contribution is 0.0695. The third kappa shape index (κ3) is 1.84. The number of carbonyl (C=O) groups is 1. The van der Waals surface area contributed by atoms with Crippen molar-refractivity contribution in [2.75, 3.05) is 0 Å². The number of halogens is 1. The first-order valence-electron chi connectivity index (χ1n) is 3.76. The monoisotopic (exact) mass is 210 g/mol. The lowest BCUT2D eigenvalue weighted by Crippen LogP contribution is -2.07. The third-order valence-electron chi connectivity index (χ3n) is 1.76. The van der Waals surface area contributed by atoms with E-state index in [-0.39, 0.29) is 22.7 Å². The molecule has 0 aromatic heterocycles. The largest absolute Gasteiger partial charge is 0.478 e. The van der Waals surface area contributed by atoms with Gasteiger partial charge in [-0.25, -0.2) is 4.79 Å². The van der Waals surface area contributed by atoms with Crippen LogP contribution in [0.1, 0.15) is 21.5 Å². The molecule has 0 aliphatic heterocycles. The van der Waals surface area contributed by atoms with Gasteiger partial charge in [-0.1, -0.05) is 11.6 Å². The minimum Gasteiger partial charge on any atom is -0.478 e. The molecule has 1 rings (SSSR count). The van der Waals surface area contributed by atoms with E-state index in [1.165, 1.54) is 12.1 Å². The lowest BCUT2D eigenvalue weighted by Gasteiger charge is -2.04. The number of nitrogens with zero attached hydrogens (tertiary/aromatic N) is 1. The first kappa shape index (κ1) is 10.5. The second kappa shape index (κ2) is 4.09. The van der Waals surface area contributed by atoms with Crippen LogP contribution in [-0.4, -0.2) is 11.1 Å². The number of benzene rings is 1. The molecule has 0 heterocycles. The van der Waals surface area contributed by atoms with Gasteiger partial charge in [0, 0.05) is 6.54 Å². The summed E-state index contributed by atoms with van der Waals surface area (Å²) in [6.45, 7) is 0.0765. The predicted octanol–water partition coefficient (Wildman–Crippen LogP) is 1.37. The molecule has 0 radical (unpaired) electrons. The van der Waals surface area contributed by atoms with Gasteiger partial charge in [-0.2, -0.15) is 5.26 Å². The molecule has 14 heavy (non-hydrogen) atoms. The summed E-state index contributed by atoms with van der Waals surface area (Å²) >= 11 is 5.71. The van der Waals surface area contributed by atoms with Crippen molar-refractivity contribution in [3.8, 4) is 6.07 Å². The van der Waals surface area contributed by atoms with Crippen LogP contribution in [0.2, 0.25) is 5.02 Å². The molecule has 0 aliphatic rings. The Morgan fingerprint density at radius 2 is 2.29 bits per heavy atom. The minimum atomic E-state index is -1.11. The fraction of sp³-hybridized carbons (Fsp3) is 0.111. The maximum atomic E-state index is 10.8. The van der Waals surface area contributed by atoms with Crippen molar-refractivity contribution in [1.82, 2.24) is 0 Å². The average Bonchev–Trinajstić information content (AvgIpc) is 2.16. The summed E-state index contributed by atoms with van der Waals surface area (Å²) in [5.74, 6) is -1.11. The van der Waals surface area contributed by atoms with Crippen LogP contribution in [0, 0.1) is 11.3 Å². The van der Waals surface area contributed by atoms with Crippen LogP contribution in [0.4, 0.5) is 0 Å². The molecule has 1 aromatic carbocycles. The number of hydrogen-bond donors (Lipinski definition) is 2. The van der Waals surface area contributed by atoms with E-state index in [1.54, 1.807) is 6.07 Å². The number of nitrogens with two attached hydrogens (primary N) is 1. The molecule has 4 nitrogen and oxygen atoms in total. The summed E-state index contributed by atoms with van der Waals surface area (Å²) in [6.07, 6.45) is 0. The second-order valence-corrected chi connectivity index (χ2v) is 3.02. The third-order valence-corrected chi connectivity index (χ3v) is 2.08. The number of aromatic carboxylic acids is 1. The highest BCUT2D eigenvalue weighted by atomic mass is 35.5. The highest BCUT2D eigenvalue weighted by Crippen LogP contribution is 2.20. The zero-order valence-corrected chi connectivity index (χ0v) is 7.88. The van der Waals surface area contributed by atoms with Crippen molar-refractivity contribution in [3.05, 3.63) is 33.8 Å². The van der Waals surface area contributed by atoms with Crippen molar-refractivity contribution >= 4 is 17.6 Å². The van der Waals surface area contributed by atoms with Gasteiger partial charge in [0.05, 0.1) is 16.1 Å². The van der Waals surface area contributed by atoms with Gasteiger partial charge in [-0.05, 0) is 17.7 Å². The molecule has 0 amide bonds. The molecule has 3 N–H and O–H groups in total. The van der Waals surface area contributed by atoms with Crippen molar-refractivity contribution in [2.24, 2.45) is 5.73 Å². The summed E-state index contributed by atoms with van der Waals surface area (Å²) in [5.41, 5.74) is 5.92. The first-order valence-corrected chi connectivity index (χ1v) is 4.13. The lowest BCUT2D eigenvalue weighted by atomic mass is 10.0. The number of hydrogen-bond acceptors (Lipinski definition) is 3. The number of rotatable bonds is 2. The summed E-state index contributed by atoms with van der Waals surface area (Å²) in [5, 5.41) is 17.6. The molecular weight excluding hydrogens is 204 g/mol. The van der Waals surface area contributed by atoms with Gasteiger partial charge >= 0.3 is 5.97 Å². The molecule has 0 aliphatic carbocycles. The Kier molecular flexibility index (Phi) is 3.07. The van der Waals surface area contributed by atoms with Gasteiger partial charge in [0.15, 0.2) is 0 Å². The van der Waals surface area contributed by atoms with Crippen LogP contribution in [0.15, 0.2) is 12.1 Å². The van der Waals surface area contributed by atoms with Gasteiger partial charge in [0.25, 0.3) is 0 Å². The molecule has 0 bridgehead atoms. The van der Waals surface area contributed by atoms with Crippen molar-refractivity contribution < 1.29 is 9.90 Å². The average molecular weight is 211 g/mol. The molecule has 72 valence electrons. The Morgan fingerprint density at radius 3 is 2.71 bits per heavy atom. The molecule has 0 fully saturated rings. The molecule has 1 aromatic rings. The predicted molar refractivity (Wildman–Crippen MR) is 51.0 cm³/mol. The van der Waals surface area contributed by atoms with E-state index < -0.39 is 5.97 Å². The van der Waals surface area contributed by atoms with E-state index >= 15 is 0 Å². The molecule has 0 saturated carbocycles. The fourth-order valence-corrected chi connectivity index (χ4v) is 1.30. The number of carboxylic acid groups (broad SMARTS) is 1. The van der Waals surface area contributed by atoms with Crippen LogP contribution in [0.5, 0.6) is 0 Å². The van der Waals surface area contributed by atoms with E-state index in [2.05, 4.69) is 0 Å².